The maximum Gasteiger partial charge on any atom is 0.257 e. The summed E-state index contributed by atoms with van der Waals surface area (Å²) in [7, 11) is 0. The van der Waals surface area contributed by atoms with E-state index in [0.717, 1.165) is 25.9 Å². The largest absolute Gasteiger partial charge is 0.484 e. The SMILES string of the molecule is N#Cc1ccc(OCC(=O)NCCC2CCCCO2)cc1. The minimum atomic E-state index is -0.143. The third kappa shape index (κ3) is 5.44. The Morgan fingerprint density at radius 2 is 2.19 bits per heavy atom. The number of nitrogens with one attached hydrogen (secondary N) is 1. The number of amides is 1. The number of carbonyl (C=O) groups excluding carboxylic acids is 1. The normalized spacial score (nSPS) is 17.8. The van der Waals surface area contributed by atoms with E-state index in [1.165, 1.54) is 6.42 Å². The summed E-state index contributed by atoms with van der Waals surface area (Å²) in [6, 6.07) is 8.72. The van der Waals surface area contributed by atoms with Gasteiger partial charge in [0.2, 0.25) is 0 Å². The maximum absolute atomic E-state index is 11.7. The Morgan fingerprint density at radius 3 is 2.86 bits per heavy atom. The van der Waals surface area contributed by atoms with E-state index in [9.17, 15) is 4.79 Å². The quantitative estimate of drug-likeness (QED) is 0.869. The summed E-state index contributed by atoms with van der Waals surface area (Å²) in [5.41, 5.74) is 0.569. The van der Waals surface area contributed by atoms with E-state index in [4.69, 9.17) is 14.7 Å². The number of rotatable bonds is 6. The molecule has 1 fully saturated rings. The van der Waals surface area contributed by atoms with E-state index >= 15 is 0 Å². The molecule has 0 spiro atoms. The molecule has 1 heterocycles. The molecule has 112 valence electrons. The molecule has 1 aliphatic rings. The lowest BCUT2D eigenvalue weighted by atomic mass is 10.1. The highest BCUT2D eigenvalue weighted by molar-refractivity contribution is 5.77. The molecule has 1 amide bonds. The van der Waals surface area contributed by atoms with Gasteiger partial charge in [-0.05, 0) is 49.9 Å². The van der Waals surface area contributed by atoms with E-state index < -0.39 is 0 Å². The summed E-state index contributed by atoms with van der Waals surface area (Å²) in [6.45, 7) is 1.43. The summed E-state index contributed by atoms with van der Waals surface area (Å²) in [6.07, 6.45) is 4.56. The zero-order valence-corrected chi connectivity index (χ0v) is 12.0. The van der Waals surface area contributed by atoms with Crippen LogP contribution < -0.4 is 10.1 Å². The Balaban J connectivity index is 1.61. The third-order valence-electron chi connectivity index (χ3n) is 3.42. The van der Waals surface area contributed by atoms with E-state index in [1.807, 2.05) is 6.07 Å². The van der Waals surface area contributed by atoms with Gasteiger partial charge in [-0.15, -0.1) is 0 Å². The standard InChI is InChI=1S/C16H20N2O3/c17-11-13-4-6-15(7-5-13)21-12-16(19)18-9-8-14-3-1-2-10-20-14/h4-7,14H,1-3,8-10,12H2,(H,18,19). The van der Waals surface area contributed by atoms with Crippen LogP contribution in [0.4, 0.5) is 0 Å². The van der Waals surface area contributed by atoms with Crippen molar-refractivity contribution in [3.05, 3.63) is 29.8 Å². The summed E-state index contributed by atoms with van der Waals surface area (Å²) in [4.78, 5) is 11.7. The highest BCUT2D eigenvalue weighted by atomic mass is 16.5. The van der Waals surface area contributed by atoms with Gasteiger partial charge in [-0.25, -0.2) is 0 Å². The van der Waals surface area contributed by atoms with Crippen molar-refractivity contribution in [1.29, 1.82) is 5.26 Å². The van der Waals surface area contributed by atoms with Crippen molar-refractivity contribution in [1.82, 2.24) is 5.32 Å². The first-order chi connectivity index (χ1) is 10.3. The number of carbonyl (C=O) groups is 1. The zero-order valence-electron chi connectivity index (χ0n) is 12.0. The molecule has 1 atom stereocenters. The van der Waals surface area contributed by atoms with Gasteiger partial charge < -0.3 is 14.8 Å². The maximum atomic E-state index is 11.7. The number of ether oxygens (including phenoxy) is 2. The number of nitriles is 1. The molecule has 1 aromatic rings. The fourth-order valence-electron chi connectivity index (χ4n) is 2.23. The molecule has 0 bridgehead atoms. The van der Waals surface area contributed by atoms with Crippen molar-refractivity contribution in [2.75, 3.05) is 19.8 Å². The van der Waals surface area contributed by atoms with Gasteiger partial charge in [0.05, 0.1) is 17.7 Å². The molecule has 1 saturated heterocycles. The fourth-order valence-corrected chi connectivity index (χ4v) is 2.23. The van der Waals surface area contributed by atoms with Gasteiger partial charge in [0.25, 0.3) is 5.91 Å². The Bertz CT molecular complexity index is 487. The molecular weight excluding hydrogens is 268 g/mol. The first-order valence-electron chi connectivity index (χ1n) is 7.29. The summed E-state index contributed by atoms with van der Waals surface area (Å²) >= 11 is 0. The van der Waals surface area contributed by atoms with E-state index in [1.54, 1.807) is 24.3 Å². The smallest absolute Gasteiger partial charge is 0.257 e. The van der Waals surface area contributed by atoms with Gasteiger partial charge in [0.1, 0.15) is 5.75 Å². The summed E-state index contributed by atoms with van der Waals surface area (Å²) in [5.74, 6) is 0.440. The van der Waals surface area contributed by atoms with Crippen LogP contribution >= 0.6 is 0 Å². The molecule has 5 heteroatoms. The Morgan fingerprint density at radius 1 is 1.38 bits per heavy atom. The van der Waals surface area contributed by atoms with Crippen molar-refractivity contribution in [2.24, 2.45) is 0 Å². The minimum Gasteiger partial charge on any atom is -0.484 e. The molecule has 2 rings (SSSR count). The van der Waals surface area contributed by atoms with E-state index in [-0.39, 0.29) is 18.6 Å². The highest BCUT2D eigenvalue weighted by Crippen LogP contribution is 2.15. The fraction of sp³-hybridized carbons (Fsp3) is 0.500. The van der Waals surface area contributed by atoms with Crippen LogP contribution in [-0.4, -0.2) is 31.8 Å². The first kappa shape index (κ1) is 15.3. The number of hydrogen-bond acceptors (Lipinski definition) is 4. The molecule has 0 aliphatic carbocycles. The van der Waals surface area contributed by atoms with Gasteiger partial charge in [0.15, 0.2) is 6.61 Å². The Kier molecular flexibility index (Phi) is 6.04. The van der Waals surface area contributed by atoms with Crippen LogP contribution in [0.3, 0.4) is 0 Å². The van der Waals surface area contributed by atoms with Gasteiger partial charge >= 0.3 is 0 Å². The molecule has 1 aliphatic heterocycles. The predicted molar refractivity (Wildman–Crippen MR) is 77.9 cm³/mol. The van der Waals surface area contributed by atoms with Crippen LogP contribution in [0.1, 0.15) is 31.2 Å². The van der Waals surface area contributed by atoms with Crippen LogP contribution in [-0.2, 0) is 9.53 Å². The Hall–Kier alpha value is -2.06. The van der Waals surface area contributed by atoms with Gasteiger partial charge in [-0.1, -0.05) is 0 Å². The van der Waals surface area contributed by atoms with Crippen molar-refractivity contribution in [3.63, 3.8) is 0 Å². The third-order valence-corrected chi connectivity index (χ3v) is 3.42. The molecule has 0 radical (unpaired) electrons. The van der Waals surface area contributed by atoms with Crippen molar-refractivity contribution in [3.8, 4) is 11.8 Å². The topological polar surface area (TPSA) is 71.3 Å². The second-order valence-corrected chi connectivity index (χ2v) is 5.05. The second-order valence-electron chi connectivity index (χ2n) is 5.05. The lowest BCUT2D eigenvalue weighted by Gasteiger charge is -2.22. The molecular formula is C16H20N2O3. The van der Waals surface area contributed by atoms with Crippen LogP contribution in [0.15, 0.2) is 24.3 Å². The van der Waals surface area contributed by atoms with Gasteiger partial charge in [-0.2, -0.15) is 5.26 Å². The average Bonchev–Trinajstić information content (AvgIpc) is 2.54. The summed E-state index contributed by atoms with van der Waals surface area (Å²) < 4.78 is 11.0. The van der Waals surface area contributed by atoms with Crippen molar-refractivity contribution in [2.45, 2.75) is 31.8 Å². The van der Waals surface area contributed by atoms with Crippen LogP contribution in [0.25, 0.3) is 0 Å². The zero-order chi connectivity index (χ0) is 14.9. The molecule has 0 saturated carbocycles. The molecule has 21 heavy (non-hydrogen) atoms. The Labute approximate surface area is 124 Å². The van der Waals surface area contributed by atoms with Crippen molar-refractivity contribution >= 4 is 5.91 Å². The average molecular weight is 288 g/mol. The van der Waals surface area contributed by atoms with Crippen LogP contribution in [0.2, 0.25) is 0 Å². The van der Waals surface area contributed by atoms with Crippen LogP contribution in [0.5, 0.6) is 5.75 Å². The number of benzene rings is 1. The second kappa shape index (κ2) is 8.28. The van der Waals surface area contributed by atoms with E-state index in [0.29, 0.717) is 17.9 Å². The summed E-state index contributed by atoms with van der Waals surface area (Å²) in [5, 5.41) is 11.5. The first-order valence-corrected chi connectivity index (χ1v) is 7.29. The number of nitrogens with zero attached hydrogens (tertiary/aromatic N) is 1. The minimum absolute atomic E-state index is 0.0164. The number of hydrogen-bond donors (Lipinski definition) is 1. The predicted octanol–water partition coefficient (Wildman–Crippen LogP) is 2.01. The molecule has 0 aromatic heterocycles. The van der Waals surface area contributed by atoms with Gasteiger partial charge in [0, 0.05) is 13.2 Å². The molecule has 5 nitrogen and oxygen atoms in total. The lowest BCUT2D eigenvalue weighted by molar-refractivity contribution is -0.123. The molecule has 1 unspecified atom stereocenters. The van der Waals surface area contributed by atoms with Crippen LogP contribution in [0, 0.1) is 11.3 Å². The van der Waals surface area contributed by atoms with E-state index in [2.05, 4.69) is 5.32 Å². The molecule has 1 N–H and O–H groups in total. The lowest BCUT2D eigenvalue weighted by Crippen LogP contribution is -2.32. The highest BCUT2D eigenvalue weighted by Gasteiger charge is 2.13. The van der Waals surface area contributed by atoms with Crippen molar-refractivity contribution < 1.29 is 14.3 Å². The monoisotopic (exact) mass is 288 g/mol. The van der Waals surface area contributed by atoms with Gasteiger partial charge in [-0.3, -0.25) is 4.79 Å². The molecule has 1 aromatic carbocycles.